The Morgan fingerprint density at radius 3 is 2.69 bits per heavy atom. The van der Waals surface area contributed by atoms with Crippen molar-refractivity contribution in [3.8, 4) is 12.3 Å². The molecule has 0 bridgehead atoms. The van der Waals surface area contributed by atoms with Crippen LogP contribution >= 0.6 is 0 Å². The smallest absolute Gasteiger partial charge is 0.0683 e. The van der Waals surface area contributed by atoms with Gasteiger partial charge in [-0.1, -0.05) is 5.92 Å². The highest BCUT2D eigenvalue weighted by Gasteiger charge is 2.05. The third-order valence-corrected chi connectivity index (χ3v) is 2.08. The molecule has 1 aromatic heterocycles. The van der Waals surface area contributed by atoms with Crippen molar-refractivity contribution in [3.05, 3.63) is 30.1 Å². The molecule has 2 nitrogen and oxygen atoms in total. The van der Waals surface area contributed by atoms with Gasteiger partial charge in [0.25, 0.3) is 0 Å². The van der Waals surface area contributed by atoms with Crippen LogP contribution in [0.25, 0.3) is 0 Å². The Morgan fingerprint density at radius 1 is 1.54 bits per heavy atom. The van der Waals surface area contributed by atoms with Gasteiger partial charge in [0.05, 0.1) is 6.04 Å². The molecule has 0 spiro atoms. The molecule has 0 amide bonds. The van der Waals surface area contributed by atoms with Crippen LogP contribution in [0.1, 0.15) is 12.5 Å². The second-order valence-corrected chi connectivity index (χ2v) is 3.11. The van der Waals surface area contributed by atoms with Crippen LogP contribution in [-0.2, 0) is 6.54 Å². The fourth-order valence-electron chi connectivity index (χ4n) is 1.04. The summed E-state index contributed by atoms with van der Waals surface area (Å²) in [4.78, 5) is 6.08. The molecule has 68 valence electrons. The van der Waals surface area contributed by atoms with Crippen LogP contribution in [0.2, 0.25) is 0 Å². The number of nitrogens with zero attached hydrogens (tertiary/aromatic N) is 2. The van der Waals surface area contributed by atoms with Crippen molar-refractivity contribution in [1.82, 2.24) is 9.88 Å². The van der Waals surface area contributed by atoms with E-state index in [4.69, 9.17) is 6.42 Å². The molecule has 0 saturated heterocycles. The zero-order chi connectivity index (χ0) is 9.68. The summed E-state index contributed by atoms with van der Waals surface area (Å²) >= 11 is 0. The van der Waals surface area contributed by atoms with Gasteiger partial charge < -0.3 is 0 Å². The van der Waals surface area contributed by atoms with Gasteiger partial charge in [-0.25, -0.2) is 0 Å². The van der Waals surface area contributed by atoms with Gasteiger partial charge in [0.15, 0.2) is 0 Å². The first kappa shape index (κ1) is 9.76. The van der Waals surface area contributed by atoms with Crippen LogP contribution in [0.4, 0.5) is 0 Å². The van der Waals surface area contributed by atoms with Gasteiger partial charge in [-0.2, -0.15) is 0 Å². The minimum Gasteiger partial charge on any atom is -0.289 e. The molecule has 0 saturated carbocycles. The molecule has 1 unspecified atom stereocenters. The van der Waals surface area contributed by atoms with Crippen LogP contribution in [0.15, 0.2) is 24.5 Å². The fraction of sp³-hybridized carbons (Fsp3) is 0.364. The molecule has 2 heteroatoms. The number of aromatic nitrogens is 1. The summed E-state index contributed by atoms with van der Waals surface area (Å²) in [6, 6.07) is 4.17. The molecule has 0 fully saturated rings. The van der Waals surface area contributed by atoms with Crippen molar-refractivity contribution in [2.45, 2.75) is 19.5 Å². The van der Waals surface area contributed by atoms with Crippen molar-refractivity contribution in [2.24, 2.45) is 0 Å². The van der Waals surface area contributed by atoms with E-state index in [-0.39, 0.29) is 6.04 Å². The number of rotatable bonds is 3. The van der Waals surface area contributed by atoms with Crippen LogP contribution in [0.5, 0.6) is 0 Å². The molecule has 1 aromatic rings. The van der Waals surface area contributed by atoms with Gasteiger partial charge in [0.2, 0.25) is 0 Å². The predicted octanol–water partition coefficient (Wildman–Crippen LogP) is 1.54. The van der Waals surface area contributed by atoms with Crippen molar-refractivity contribution >= 4 is 0 Å². The van der Waals surface area contributed by atoms with E-state index >= 15 is 0 Å². The normalized spacial score (nSPS) is 12.5. The molecular weight excluding hydrogens is 160 g/mol. The van der Waals surface area contributed by atoms with E-state index in [1.54, 1.807) is 12.4 Å². The standard InChI is InChI=1S/C11H14N2/c1-4-10(2)13(3)9-11-5-7-12-8-6-11/h1,5-8,10H,9H2,2-3H3. The Labute approximate surface area is 79.6 Å². The van der Waals surface area contributed by atoms with Gasteiger partial charge >= 0.3 is 0 Å². The topological polar surface area (TPSA) is 16.1 Å². The number of hydrogen-bond acceptors (Lipinski definition) is 2. The highest BCUT2D eigenvalue weighted by atomic mass is 15.1. The fourth-order valence-corrected chi connectivity index (χ4v) is 1.04. The van der Waals surface area contributed by atoms with E-state index in [0.717, 1.165) is 6.54 Å². The molecule has 1 heterocycles. The summed E-state index contributed by atoms with van der Waals surface area (Å²) in [5, 5.41) is 0. The first-order valence-corrected chi connectivity index (χ1v) is 4.29. The Kier molecular flexibility index (Phi) is 3.48. The molecular formula is C11H14N2. The van der Waals surface area contributed by atoms with E-state index < -0.39 is 0 Å². The Hall–Kier alpha value is -1.33. The van der Waals surface area contributed by atoms with Crippen molar-refractivity contribution < 1.29 is 0 Å². The van der Waals surface area contributed by atoms with Crippen LogP contribution in [0, 0.1) is 12.3 Å². The maximum atomic E-state index is 5.32. The molecule has 0 aliphatic heterocycles. The largest absolute Gasteiger partial charge is 0.289 e. The SMILES string of the molecule is C#CC(C)N(C)Cc1ccncc1. The lowest BCUT2D eigenvalue weighted by Crippen LogP contribution is -2.26. The first-order valence-electron chi connectivity index (χ1n) is 4.29. The second kappa shape index (κ2) is 4.64. The summed E-state index contributed by atoms with van der Waals surface area (Å²) in [6.45, 7) is 2.88. The summed E-state index contributed by atoms with van der Waals surface area (Å²) in [6.07, 6.45) is 8.91. The average Bonchev–Trinajstić information content (AvgIpc) is 2.18. The second-order valence-electron chi connectivity index (χ2n) is 3.11. The van der Waals surface area contributed by atoms with E-state index in [0.29, 0.717) is 0 Å². The lowest BCUT2D eigenvalue weighted by molar-refractivity contribution is 0.296. The lowest BCUT2D eigenvalue weighted by atomic mass is 10.2. The molecule has 0 aliphatic carbocycles. The summed E-state index contributed by atoms with van der Waals surface area (Å²) in [5.74, 6) is 2.70. The minimum atomic E-state index is 0.174. The van der Waals surface area contributed by atoms with Gasteiger partial charge in [-0.05, 0) is 31.7 Å². The Bertz CT molecular complexity index is 287. The zero-order valence-corrected chi connectivity index (χ0v) is 8.07. The minimum absolute atomic E-state index is 0.174. The highest BCUT2D eigenvalue weighted by molar-refractivity contribution is 5.10. The maximum Gasteiger partial charge on any atom is 0.0683 e. The molecule has 0 aliphatic rings. The van der Waals surface area contributed by atoms with Gasteiger partial charge in [-0.3, -0.25) is 9.88 Å². The third kappa shape index (κ3) is 2.89. The highest BCUT2D eigenvalue weighted by Crippen LogP contribution is 2.03. The van der Waals surface area contributed by atoms with Crippen molar-refractivity contribution in [1.29, 1.82) is 0 Å². The summed E-state index contributed by atoms with van der Waals surface area (Å²) in [5.41, 5.74) is 1.24. The predicted molar refractivity (Wildman–Crippen MR) is 54.0 cm³/mol. The van der Waals surface area contributed by atoms with Gasteiger partial charge in [-0.15, -0.1) is 6.42 Å². The molecule has 13 heavy (non-hydrogen) atoms. The monoisotopic (exact) mass is 174 g/mol. The van der Waals surface area contributed by atoms with Crippen LogP contribution in [0.3, 0.4) is 0 Å². The third-order valence-electron chi connectivity index (χ3n) is 2.08. The van der Waals surface area contributed by atoms with Crippen LogP contribution < -0.4 is 0 Å². The lowest BCUT2D eigenvalue weighted by Gasteiger charge is -2.19. The average molecular weight is 174 g/mol. The number of terminal acetylenes is 1. The summed E-state index contributed by atoms with van der Waals surface area (Å²) in [7, 11) is 2.02. The van der Waals surface area contributed by atoms with E-state index in [2.05, 4.69) is 15.8 Å². The molecule has 1 rings (SSSR count). The molecule has 1 atom stereocenters. The summed E-state index contributed by atoms with van der Waals surface area (Å²) < 4.78 is 0. The van der Waals surface area contributed by atoms with Gasteiger partial charge in [0, 0.05) is 18.9 Å². The Morgan fingerprint density at radius 2 is 2.15 bits per heavy atom. The Balaban J connectivity index is 2.56. The quantitative estimate of drug-likeness (QED) is 0.646. The van der Waals surface area contributed by atoms with E-state index in [1.807, 2.05) is 26.1 Å². The molecule has 0 radical (unpaired) electrons. The maximum absolute atomic E-state index is 5.32. The van der Waals surface area contributed by atoms with Crippen molar-refractivity contribution in [3.63, 3.8) is 0 Å². The molecule has 0 N–H and O–H groups in total. The van der Waals surface area contributed by atoms with Crippen molar-refractivity contribution in [2.75, 3.05) is 7.05 Å². The number of hydrogen-bond donors (Lipinski definition) is 0. The molecule has 0 aromatic carbocycles. The first-order chi connectivity index (χ1) is 6.24. The zero-order valence-electron chi connectivity index (χ0n) is 8.07. The van der Waals surface area contributed by atoms with Gasteiger partial charge in [0.1, 0.15) is 0 Å². The van der Waals surface area contributed by atoms with E-state index in [9.17, 15) is 0 Å². The van der Waals surface area contributed by atoms with Crippen LogP contribution in [-0.4, -0.2) is 23.0 Å². The van der Waals surface area contributed by atoms with E-state index in [1.165, 1.54) is 5.56 Å². The number of pyridine rings is 1.